The summed E-state index contributed by atoms with van der Waals surface area (Å²) in [6.07, 6.45) is 6.43. The number of aromatic nitrogens is 2. The van der Waals surface area contributed by atoms with Crippen molar-refractivity contribution in [3.05, 3.63) is 15.9 Å². The number of nitrogens with zero attached hydrogens (tertiary/aromatic N) is 1. The van der Waals surface area contributed by atoms with Crippen LogP contribution in [0, 0.1) is 0 Å². The Balaban J connectivity index is 1.90. The fourth-order valence-corrected chi connectivity index (χ4v) is 2.54. The Kier molecular flexibility index (Phi) is 2.53. The molecule has 1 heterocycles. The molecule has 5 nitrogen and oxygen atoms in total. The van der Waals surface area contributed by atoms with Gasteiger partial charge in [-0.3, -0.25) is 9.78 Å². The maximum absolute atomic E-state index is 12.0. The van der Waals surface area contributed by atoms with Gasteiger partial charge in [0.05, 0.1) is 5.56 Å². The highest BCUT2D eigenvalue weighted by Crippen LogP contribution is 2.35. The first-order chi connectivity index (χ1) is 8.24. The number of aromatic amines is 1. The second-order valence-electron chi connectivity index (χ2n) is 5.05. The predicted molar refractivity (Wildman–Crippen MR) is 64.4 cm³/mol. The largest absolute Gasteiger partial charge is 0.493 e. The molecule has 0 aliphatic heterocycles. The van der Waals surface area contributed by atoms with E-state index in [0.29, 0.717) is 17.6 Å². The van der Waals surface area contributed by atoms with Crippen molar-refractivity contribution in [3.63, 3.8) is 0 Å². The van der Waals surface area contributed by atoms with E-state index in [1.807, 2.05) is 0 Å². The lowest BCUT2D eigenvalue weighted by Gasteiger charge is -2.11. The van der Waals surface area contributed by atoms with E-state index in [1.54, 1.807) is 0 Å². The quantitative estimate of drug-likeness (QED) is 0.745. The molecule has 0 atom stereocenters. The van der Waals surface area contributed by atoms with Gasteiger partial charge in [-0.1, -0.05) is 12.8 Å². The first-order valence-corrected chi connectivity index (χ1v) is 6.34. The van der Waals surface area contributed by atoms with Crippen LogP contribution in [0.4, 0.5) is 5.95 Å². The van der Waals surface area contributed by atoms with Crippen molar-refractivity contribution in [1.82, 2.24) is 9.97 Å². The smallest absolute Gasteiger partial charge is 0.259 e. The summed E-state index contributed by atoms with van der Waals surface area (Å²) in [7, 11) is 0. The van der Waals surface area contributed by atoms with Gasteiger partial charge in [0.25, 0.3) is 5.56 Å². The number of rotatable bonds is 3. The molecule has 3 N–H and O–H groups in total. The molecule has 5 heteroatoms. The van der Waals surface area contributed by atoms with Gasteiger partial charge in [0, 0.05) is 6.04 Å². The van der Waals surface area contributed by atoms with E-state index < -0.39 is 0 Å². The average Bonchev–Trinajstić information content (AvgIpc) is 2.92. The molecular formula is C12H17N3O2. The molecule has 0 bridgehead atoms. The van der Waals surface area contributed by atoms with Crippen LogP contribution in [0.2, 0.25) is 0 Å². The zero-order valence-electron chi connectivity index (χ0n) is 9.70. The molecule has 0 unspecified atom stereocenters. The molecule has 0 amide bonds. The van der Waals surface area contributed by atoms with Gasteiger partial charge in [-0.2, -0.15) is 4.98 Å². The van der Waals surface area contributed by atoms with Gasteiger partial charge >= 0.3 is 0 Å². The van der Waals surface area contributed by atoms with Crippen LogP contribution in [0.15, 0.2) is 4.79 Å². The third kappa shape index (κ3) is 2.14. The normalized spacial score (nSPS) is 20.7. The van der Waals surface area contributed by atoms with Crippen LogP contribution < -0.4 is 10.9 Å². The topological polar surface area (TPSA) is 78.0 Å². The fourth-order valence-electron chi connectivity index (χ4n) is 2.54. The number of aromatic hydroxyl groups is 1. The van der Waals surface area contributed by atoms with Crippen molar-refractivity contribution < 1.29 is 5.11 Å². The van der Waals surface area contributed by atoms with Crippen molar-refractivity contribution in [2.45, 2.75) is 50.5 Å². The molecular weight excluding hydrogens is 218 g/mol. The van der Waals surface area contributed by atoms with Crippen LogP contribution in [-0.4, -0.2) is 21.1 Å². The van der Waals surface area contributed by atoms with Gasteiger partial charge in [0.15, 0.2) is 0 Å². The molecule has 0 saturated heterocycles. The summed E-state index contributed by atoms with van der Waals surface area (Å²) < 4.78 is 0. The number of hydrogen-bond acceptors (Lipinski definition) is 4. The molecule has 0 spiro atoms. The van der Waals surface area contributed by atoms with Crippen molar-refractivity contribution in [3.8, 4) is 5.88 Å². The minimum absolute atomic E-state index is 0.0937. The fraction of sp³-hybridized carbons (Fsp3) is 0.667. The molecule has 1 aromatic rings. The van der Waals surface area contributed by atoms with Crippen LogP contribution in [0.1, 0.15) is 50.0 Å². The van der Waals surface area contributed by atoms with Gasteiger partial charge in [-0.15, -0.1) is 0 Å². The maximum Gasteiger partial charge on any atom is 0.259 e. The average molecular weight is 235 g/mol. The molecule has 2 aliphatic carbocycles. The van der Waals surface area contributed by atoms with Crippen LogP contribution in [0.3, 0.4) is 0 Å². The highest BCUT2D eigenvalue weighted by molar-refractivity contribution is 5.36. The summed E-state index contributed by atoms with van der Waals surface area (Å²) in [5, 5.41) is 13.0. The van der Waals surface area contributed by atoms with E-state index in [9.17, 15) is 9.90 Å². The number of H-pyrrole nitrogens is 1. The minimum Gasteiger partial charge on any atom is -0.493 e. The van der Waals surface area contributed by atoms with Gasteiger partial charge in [0.1, 0.15) is 0 Å². The maximum atomic E-state index is 12.0. The molecule has 1 aromatic heterocycles. The van der Waals surface area contributed by atoms with E-state index >= 15 is 0 Å². The van der Waals surface area contributed by atoms with E-state index in [-0.39, 0.29) is 17.4 Å². The third-order valence-electron chi connectivity index (χ3n) is 3.62. The second-order valence-corrected chi connectivity index (χ2v) is 5.05. The number of hydrogen-bond donors (Lipinski definition) is 3. The molecule has 3 rings (SSSR count). The van der Waals surface area contributed by atoms with Crippen molar-refractivity contribution in [2.75, 3.05) is 5.32 Å². The van der Waals surface area contributed by atoms with E-state index in [1.165, 1.54) is 0 Å². The zero-order chi connectivity index (χ0) is 11.8. The summed E-state index contributed by atoms with van der Waals surface area (Å²) in [6, 6.07) is 0.412. The number of anilines is 1. The SMILES string of the molecule is O=c1[nH]c(NC2CC2)nc(O)c1C1CCCC1. The van der Waals surface area contributed by atoms with Crippen LogP contribution >= 0.6 is 0 Å². The summed E-state index contributed by atoms with van der Waals surface area (Å²) in [6.45, 7) is 0. The summed E-state index contributed by atoms with van der Waals surface area (Å²) in [5.41, 5.74) is 0.288. The Labute approximate surface area is 99.3 Å². The molecule has 2 saturated carbocycles. The van der Waals surface area contributed by atoms with Gasteiger partial charge < -0.3 is 10.4 Å². The molecule has 17 heavy (non-hydrogen) atoms. The lowest BCUT2D eigenvalue weighted by Crippen LogP contribution is -2.19. The van der Waals surface area contributed by atoms with Crippen molar-refractivity contribution >= 4 is 5.95 Å². The van der Waals surface area contributed by atoms with Crippen molar-refractivity contribution in [2.24, 2.45) is 0 Å². The molecule has 0 radical (unpaired) electrons. The molecule has 0 aromatic carbocycles. The second kappa shape index (κ2) is 4.05. The lowest BCUT2D eigenvalue weighted by molar-refractivity contribution is 0.436. The highest BCUT2D eigenvalue weighted by Gasteiger charge is 2.26. The Morgan fingerprint density at radius 2 is 1.94 bits per heavy atom. The summed E-state index contributed by atoms with van der Waals surface area (Å²) in [5.74, 6) is 0.488. The Morgan fingerprint density at radius 1 is 1.24 bits per heavy atom. The first kappa shape index (κ1) is 10.6. The third-order valence-corrected chi connectivity index (χ3v) is 3.62. The molecule has 2 aliphatic rings. The summed E-state index contributed by atoms with van der Waals surface area (Å²) >= 11 is 0. The Hall–Kier alpha value is -1.52. The zero-order valence-corrected chi connectivity index (χ0v) is 9.70. The summed E-state index contributed by atoms with van der Waals surface area (Å²) in [4.78, 5) is 18.7. The van der Waals surface area contributed by atoms with E-state index in [2.05, 4.69) is 15.3 Å². The van der Waals surface area contributed by atoms with Crippen LogP contribution in [-0.2, 0) is 0 Å². The number of nitrogens with one attached hydrogen (secondary N) is 2. The molecule has 2 fully saturated rings. The van der Waals surface area contributed by atoms with Gasteiger partial charge in [-0.05, 0) is 31.6 Å². The van der Waals surface area contributed by atoms with Crippen LogP contribution in [0.25, 0.3) is 0 Å². The lowest BCUT2D eigenvalue weighted by atomic mass is 10.0. The molecule has 92 valence electrons. The standard InChI is InChI=1S/C12H17N3O2/c16-10-9(7-3-1-2-4-7)11(17)15-12(14-10)13-8-5-6-8/h7-8H,1-6H2,(H3,13,14,15,16,17). The van der Waals surface area contributed by atoms with Gasteiger partial charge in [-0.25, -0.2) is 0 Å². The highest BCUT2D eigenvalue weighted by atomic mass is 16.3. The Bertz CT molecular complexity index is 473. The Morgan fingerprint density at radius 3 is 2.53 bits per heavy atom. The first-order valence-electron chi connectivity index (χ1n) is 6.34. The van der Waals surface area contributed by atoms with Crippen molar-refractivity contribution in [1.29, 1.82) is 0 Å². The van der Waals surface area contributed by atoms with E-state index in [4.69, 9.17) is 0 Å². The predicted octanol–water partition coefficient (Wildman–Crippen LogP) is 1.71. The minimum atomic E-state index is -0.187. The van der Waals surface area contributed by atoms with E-state index in [0.717, 1.165) is 38.5 Å². The monoisotopic (exact) mass is 235 g/mol. The van der Waals surface area contributed by atoms with Crippen LogP contribution in [0.5, 0.6) is 5.88 Å². The van der Waals surface area contributed by atoms with Gasteiger partial charge in [0.2, 0.25) is 11.8 Å².